The van der Waals surface area contributed by atoms with Crippen LogP contribution in [0, 0.1) is 10.7 Å². The third kappa shape index (κ3) is 1.60. The number of nitrogens with one attached hydrogen (secondary N) is 1. The Morgan fingerprint density at radius 2 is 2.24 bits per heavy atom. The Balaban J connectivity index is 2.35. The molecule has 1 aliphatic carbocycles. The van der Waals surface area contributed by atoms with Gasteiger partial charge in [0.05, 0.1) is 5.52 Å². The van der Waals surface area contributed by atoms with Gasteiger partial charge in [0, 0.05) is 5.54 Å². The van der Waals surface area contributed by atoms with Crippen molar-refractivity contribution in [2.45, 2.75) is 32.2 Å². The first-order valence-corrected chi connectivity index (χ1v) is 7.03. The van der Waals surface area contributed by atoms with E-state index in [1.807, 2.05) is 11.4 Å². The molecule has 0 unspecified atom stereocenters. The van der Waals surface area contributed by atoms with Crippen molar-refractivity contribution in [3.63, 3.8) is 0 Å². The van der Waals surface area contributed by atoms with Gasteiger partial charge >= 0.3 is 0 Å². The van der Waals surface area contributed by atoms with E-state index in [0.717, 1.165) is 10.2 Å². The van der Waals surface area contributed by atoms with Crippen molar-refractivity contribution in [1.29, 1.82) is 0 Å². The molecule has 0 aliphatic heterocycles. The zero-order valence-corrected chi connectivity index (χ0v) is 11.5. The van der Waals surface area contributed by atoms with Gasteiger partial charge in [-0.3, -0.25) is 9.36 Å². The van der Waals surface area contributed by atoms with E-state index in [0.29, 0.717) is 10.7 Å². The summed E-state index contributed by atoms with van der Waals surface area (Å²) in [5.74, 6) is 0.577. The second-order valence-electron chi connectivity index (χ2n) is 5.16. The Morgan fingerprint density at radius 1 is 1.53 bits per heavy atom. The highest BCUT2D eigenvalue weighted by Crippen LogP contribution is 2.43. The molecule has 0 atom stereocenters. The maximum absolute atomic E-state index is 12.5. The van der Waals surface area contributed by atoms with Gasteiger partial charge in [0.2, 0.25) is 0 Å². The minimum absolute atomic E-state index is 0.0515. The van der Waals surface area contributed by atoms with E-state index in [9.17, 15) is 4.79 Å². The van der Waals surface area contributed by atoms with Gasteiger partial charge in [0.15, 0.2) is 4.77 Å². The summed E-state index contributed by atoms with van der Waals surface area (Å²) in [6.45, 7) is 4.21. The molecule has 1 aliphatic rings. The Kier molecular flexibility index (Phi) is 2.32. The van der Waals surface area contributed by atoms with Crippen LogP contribution in [0.3, 0.4) is 0 Å². The van der Waals surface area contributed by atoms with Crippen LogP contribution >= 0.6 is 23.6 Å². The van der Waals surface area contributed by atoms with Crippen LogP contribution in [0.1, 0.15) is 26.7 Å². The number of fused-ring (bicyclic) bond motifs is 1. The van der Waals surface area contributed by atoms with Crippen molar-refractivity contribution in [3.05, 3.63) is 26.6 Å². The molecule has 1 N–H and O–H groups in total. The summed E-state index contributed by atoms with van der Waals surface area (Å²) in [6, 6.07) is 1.91. The average Bonchev–Trinajstić information content (AvgIpc) is 2.99. The lowest BCUT2D eigenvalue weighted by Crippen LogP contribution is -2.38. The normalized spacial score (nSPS) is 16.6. The first-order chi connectivity index (χ1) is 8.01. The Bertz CT molecular complexity index is 688. The molecule has 5 heteroatoms. The Morgan fingerprint density at radius 3 is 2.88 bits per heavy atom. The summed E-state index contributed by atoms with van der Waals surface area (Å²) in [5.41, 5.74) is 0.728. The predicted molar refractivity (Wildman–Crippen MR) is 73.3 cm³/mol. The van der Waals surface area contributed by atoms with Gasteiger partial charge in [0.25, 0.3) is 5.56 Å². The first kappa shape index (κ1) is 11.2. The van der Waals surface area contributed by atoms with E-state index in [-0.39, 0.29) is 11.1 Å². The third-order valence-corrected chi connectivity index (χ3v) is 4.85. The standard InChI is InChI=1S/C12H14N2OS2/c1-12(2,7-3-4-7)14-10(15)9-8(5-6-17-9)13-11(14)16/h5-7H,3-4H2,1-2H3,(H,13,16). The summed E-state index contributed by atoms with van der Waals surface area (Å²) in [7, 11) is 0. The van der Waals surface area contributed by atoms with Crippen LogP contribution in [0.4, 0.5) is 0 Å². The molecule has 0 amide bonds. The molecule has 1 fully saturated rings. The number of rotatable bonds is 2. The van der Waals surface area contributed by atoms with Crippen LogP contribution in [0.15, 0.2) is 16.2 Å². The number of thiophene rings is 1. The van der Waals surface area contributed by atoms with Crippen LogP contribution < -0.4 is 5.56 Å². The number of hydrogen-bond acceptors (Lipinski definition) is 3. The fourth-order valence-electron chi connectivity index (χ4n) is 2.43. The molecule has 2 aromatic heterocycles. The number of hydrogen-bond donors (Lipinski definition) is 1. The largest absolute Gasteiger partial charge is 0.331 e. The van der Waals surface area contributed by atoms with Gasteiger partial charge in [-0.05, 0) is 56.3 Å². The van der Waals surface area contributed by atoms with Gasteiger partial charge in [-0.25, -0.2) is 0 Å². The van der Waals surface area contributed by atoms with Gasteiger partial charge in [-0.15, -0.1) is 11.3 Å². The second-order valence-corrected chi connectivity index (χ2v) is 6.46. The first-order valence-electron chi connectivity index (χ1n) is 5.75. The fraction of sp³-hybridized carbons (Fsp3) is 0.500. The quantitative estimate of drug-likeness (QED) is 0.847. The van der Waals surface area contributed by atoms with Crippen LogP contribution in [0.25, 0.3) is 10.2 Å². The number of aromatic amines is 1. The van der Waals surface area contributed by atoms with Gasteiger partial charge in [0.1, 0.15) is 4.70 Å². The van der Waals surface area contributed by atoms with Crippen molar-refractivity contribution >= 4 is 33.8 Å². The molecule has 17 heavy (non-hydrogen) atoms. The average molecular weight is 266 g/mol. The minimum atomic E-state index is -0.178. The van der Waals surface area contributed by atoms with Crippen molar-refractivity contribution in [1.82, 2.24) is 9.55 Å². The molecular formula is C12H14N2OS2. The summed E-state index contributed by atoms with van der Waals surface area (Å²) in [4.78, 5) is 15.6. The van der Waals surface area contributed by atoms with Crippen molar-refractivity contribution < 1.29 is 0 Å². The van der Waals surface area contributed by atoms with Crippen LogP contribution in [-0.4, -0.2) is 9.55 Å². The third-order valence-electron chi connectivity index (χ3n) is 3.66. The Hall–Kier alpha value is -0.940. The summed E-state index contributed by atoms with van der Waals surface area (Å²) in [5, 5.41) is 1.92. The summed E-state index contributed by atoms with van der Waals surface area (Å²) in [6.07, 6.45) is 2.38. The lowest BCUT2D eigenvalue weighted by molar-refractivity contribution is 0.290. The van der Waals surface area contributed by atoms with E-state index >= 15 is 0 Å². The smallest absolute Gasteiger partial charge is 0.272 e. The van der Waals surface area contributed by atoms with Crippen LogP contribution in [0.2, 0.25) is 0 Å². The molecule has 0 aromatic carbocycles. The minimum Gasteiger partial charge on any atom is -0.331 e. The fourth-order valence-corrected chi connectivity index (χ4v) is 3.64. The molecule has 0 radical (unpaired) electrons. The van der Waals surface area contributed by atoms with Gasteiger partial charge in [-0.1, -0.05) is 0 Å². The van der Waals surface area contributed by atoms with Crippen LogP contribution in [0.5, 0.6) is 0 Å². The van der Waals surface area contributed by atoms with E-state index in [4.69, 9.17) is 12.2 Å². The molecule has 90 valence electrons. The number of aromatic nitrogens is 2. The van der Waals surface area contributed by atoms with E-state index in [2.05, 4.69) is 18.8 Å². The van der Waals surface area contributed by atoms with Crippen molar-refractivity contribution in [2.24, 2.45) is 5.92 Å². The molecule has 2 aromatic rings. The summed E-state index contributed by atoms with van der Waals surface area (Å²) >= 11 is 6.81. The highest BCUT2D eigenvalue weighted by Gasteiger charge is 2.40. The predicted octanol–water partition coefficient (Wildman–Crippen LogP) is 3.27. The van der Waals surface area contributed by atoms with E-state index in [1.165, 1.54) is 24.2 Å². The van der Waals surface area contributed by atoms with Gasteiger partial charge < -0.3 is 4.98 Å². The Labute approximate surface area is 108 Å². The highest BCUT2D eigenvalue weighted by molar-refractivity contribution is 7.71. The molecule has 0 saturated heterocycles. The number of H-pyrrole nitrogens is 1. The molecule has 3 rings (SSSR count). The number of nitrogens with zero attached hydrogens (tertiary/aromatic N) is 1. The lowest BCUT2D eigenvalue weighted by atomic mass is 9.98. The topological polar surface area (TPSA) is 37.8 Å². The molecule has 2 heterocycles. The second kappa shape index (κ2) is 3.53. The summed E-state index contributed by atoms with van der Waals surface area (Å²) < 4.78 is 3.07. The monoisotopic (exact) mass is 266 g/mol. The zero-order valence-electron chi connectivity index (χ0n) is 9.82. The molecule has 0 spiro atoms. The highest BCUT2D eigenvalue weighted by atomic mass is 32.1. The lowest BCUT2D eigenvalue weighted by Gasteiger charge is -2.27. The van der Waals surface area contributed by atoms with Crippen molar-refractivity contribution in [2.75, 3.05) is 0 Å². The molecule has 0 bridgehead atoms. The zero-order chi connectivity index (χ0) is 12.2. The molecular weight excluding hydrogens is 252 g/mol. The van der Waals surface area contributed by atoms with Crippen LogP contribution in [-0.2, 0) is 5.54 Å². The van der Waals surface area contributed by atoms with Crippen molar-refractivity contribution in [3.8, 4) is 0 Å². The van der Waals surface area contributed by atoms with E-state index in [1.54, 1.807) is 4.57 Å². The van der Waals surface area contributed by atoms with E-state index < -0.39 is 0 Å². The maximum atomic E-state index is 12.5. The van der Waals surface area contributed by atoms with Gasteiger partial charge in [-0.2, -0.15) is 0 Å². The molecule has 1 saturated carbocycles. The molecule has 3 nitrogen and oxygen atoms in total. The SMILES string of the molecule is CC(C)(C1CC1)n1c(=S)[nH]c2ccsc2c1=O. The maximum Gasteiger partial charge on any atom is 0.272 e.